The highest BCUT2D eigenvalue weighted by Crippen LogP contribution is 2.20. The van der Waals surface area contributed by atoms with E-state index in [2.05, 4.69) is 5.32 Å². The molecule has 1 amide bonds. The molecule has 0 aromatic heterocycles. The summed E-state index contributed by atoms with van der Waals surface area (Å²) >= 11 is 7.70. The van der Waals surface area contributed by atoms with Crippen molar-refractivity contribution in [3.63, 3.8) is 0 Å². The number of anilines is 1. The fraction of sp³-hybridized carbons (Fsp3) is 0.417. The molecule has 3 nitrogen and oxygen atoms in total. The van der Waals surface area contributed by atoms with E-state index in [4.69, 9.17) is 17.3 Å². The Morgan fingerprint density at radius 3 is 3.00 bits per heavy atom. The van der Waals surface area contributed by atoms with Gasteiger partial charge in [-0.3, -0.25) is 4.79 Å². The average Bonchev–Trinajstić information content (AvgIpc) is 2.34. The van der Waals surface area contributed by atoms with Crippen LogP contribution in [0, 0.1) is 0 Å². The van der Waals surface area contributed by atoms with Gasteiger partial charge in [-0.1, -0.05) is 11.6 Å². The van der Waals surface area contributed by atoms with E-state index in [-0.39, 0.29) is 11.9 Å². The summed E-state index contributed by atoms with van der Waals surface area (Å²) in [5.74, 6) is 2.12. The number of nitrogens with one attached hydrogen (secondary N) is 1. The van der Waals surface area contributed by atoms with E-state index in [1.54, 1.807) is 18.2 Å². The van der Waals surface area contributed by atoms with Crippen LogP contribution in [0.5, 0.6) is 0 Å². The minimum absolute atomic E-state index is 0.0686. The van der Waals surface area contributed by atoms with Gasteiger partial charge >= 0.3 is 0 Å². The van der Waals surface area contributed by atoms with Crippen molar-refractivity contribution in [2.45, 2.75) is 18.9 Å². The highest BCUT2D eigenvalue weighted by molar-refractivity contribution is 7.99. The van der Waals surface area contributed by atoms with E-state index >= 15 is 0 Å². The molecule has 1 aromatic rings. The van der Waals surface area contributed by atoms with Gasteiger partial charge in [-0.25, -0.2) is 0 Å². The lowest BCUT2D eigenvalue weighted by Crippen LogP contribution is -2.38. The Kier molecular flexibility index (Phi) is 4.18. The van der Waals surface area contributed by atoms with Crippen molar-refractivity contribution < 1.29 is 4.79 Å². The average molecular weight is 271 g/mol. The van der Waals surface area contributed by atoms with Gasteiger partial charge in [0.1, 0.15) is 0 Å². The van der Waals surface area contributed by atoms with Crippen molar-refractivity contribution in [1.29, 1.82) is 0 Å². The summed E-state index contributed by atoms with van der Waals surface area (Å²) in [5, 5.41) is 3.50. The maximum absolute atomic E-state index is 12.0. The molecule has 1 heterocycles. The van der Waals surface area contributed by atoms with Crippen LogP contribution in [-0.4, -0.2) is 23.5 Å². The zero-order valence-electron chi connectivity index (χ0n) is 9.41. The van der Waals surface area contributed by atoms with E-state index in [1.807, 2.05) is 11.8 Å². The molecule has 1 unspecified atom stereocenters. The first-order chi connectivity index (χ1) is 8.16. The van der Waals surface area contributed by atoms with Crippen molar-refractivity contribution in [1.82, 2.24) is 5.32 Å². The Balaban J connectivity index is 2.01. The maximum atomic E-state index is 12.0. The van der Waals surface area contributed by atoms with Crippen LogP contribution in [-0.2, 0) is 0 Å². The molecule has 2 rings (SSSR count). The molecule has 5 heteroatoms. The lowest BCUT2D eigenvalue weighted by atomic mass is 10.1. The normalized spacial score (nSPS) is 19.9. The second kappa shape index (κ2) is 5.65. The smallest absolute Gasteiger partial charge is 0.251 e. The molecule has 92 valence electrons. The fourth-order valence-corrected chi connectivity index (χ4v) is 3.00. The first kappa shape index (κ1) is 12.6. The molecule has 1 aromatic carbocycles. The lowest BCUT2D eigenvalue weighted by Gasteiger charge is -2.22. The van der Waals surface area contributed by atoms with Crippen molar-refractivity contribution in [2.24, 2.45) is 0 Å². The molecule has 0 spiro atoms. The zero-order chi connectivity index (χ0) is 12.3. The van der Waals surface area contributed by atoms with Crippen molar-refractivity contribution in [3.05, 3.63) is 28.8 Å². The van der Waals surface area contributed by atoms with Gasteiger partial charge in [0.2, 0.25) is 0 Å². The van der Waals surface area contributed by atoms with Gasteiger partial charge in [0.25, 0.3) is 5.91 Å². The molecule has 0 bridgehead atoms. The highest BCUT2D eigenvalue weighted by Gasteiger charge is 2.17. The molecule has 1 fully saturated rings. The number of benzene rings is 1. The lowest BCUT2D eigenvalue weighted by molar-refractivity contribution is 0.0938. The molecule has 17 heavy (non-hydrogen) atoms. The third-order valence-electron chi connectivity index (χ3n) is 2.75. The SMILES string of the molecule is Nc1cc(C(=O)NC2CCCSC2)ccc1Cl. The molecular formula is C12H15ClN2OS. The maximum Gasteiger partial charge on any atom is 0.251 e. The van der Waals surface area contributed by atoms with Crippen LogP contribution in [0.15, 0.2) is 18.2 Å². The molecule has 3 N–H and O–H groups in total. The van der Waals surface area contributed by atoms with Gasteiger partial charge in [-0.05, 0) is 36.8 Å². The Morgan fingerprint density at radius 2 is 2.35 bits per heavy atom. The van der Waals surface area contributed by atoms with Crippen LogP contribution in [0.4, 0.5) is 5.69 Å². The van der Waals surface area contributed by atoms with Gasteiger partial charge in [-0.15, -0.1) is 0 Å². The number of hydrogen-bond acceptors (Lipinski definition) is 3. The van der Waals surface area contributed by atoms with Crippen LogP contribution >= 0.6 is 23.4 Å². The summed E-state index contributed by atoms with van der Waals surface area (Å²) in [6, 6.07) is 5.25. The standard InChI is InChI=1S/C12H15ClN2OS/c13-10-4-3-8(6-11(10)14)12(16)15-9-2-1-5-17-7-9/h3-4,6,9H,1-2,5,7,14H2,(H,15,16). The number of nitrogens with two attached hydrogens (primary N) is 1. The molecule has 0 aliphatic carbocycles. The van der Waals surface area contributed by atoms with E-state index in [9.17, 15) is 4.79 Å². The largest absolute Gasteiger partial charge is 0.398 e. The monoisotopic (exact) mass is 270 g/mol. The predicted molar refractivity (Wildman–Crippen MR) is 73.7 cm³/mol. The second-order valence-corrected chi connectivity index (χ2v) is 5.68. The van der Waals surface area contributed by atoms with E-state index in [0.29, 0.717) is 16.3 Å². The summed E-state index contributed by atoms with van der Waals surface area (Å²) in [6.45, 7) is 0. The minimum Gasteiger partial charge on any atom is -0.398 e. The Hall–Kier alpha value is -0.870. The number of halogens is 1. The molecule has 0 radical (unpaired) electrons. The number of hydrogen-bond donors (Lipinski definition) is 2. The van der Waals surface area contributed by atoms with E-state index < -0.39 is 0 Å². The van der Waals surface area contributed by atoms with Gasteiger partial charge < -0.3 is 11.1 Å². The molecule has 1 aliphatic rings. The minimum atomic E-state index is -0.0686. The van der Waals surface area contributed by atoms with Crippen molar-refractivity contribution >= 4 is 35.0 Å². The summed E-state index contributed by atoms with van der Waals surface area (Å²) in [6.07, 6.45) is 2.22. The number of amides is 1. The third kappa shape index (κ3) is 3.30. The highest BCUT2D eigenvalue weighted by atomic mass is 35.5. The van der Waals surface area contributed by atoms with Crippen LogP contribution < -0.4 is 11.1 Å². The van der Waals surface area contributed by atoms with Crippen LogP contribution in [0.25, 0.3) is 0 Å². The van der Waals surface area contributed by atoms with Crippen molar-refractivity contribution in [2.75, 3.05) is 17.2 Å². The Labute approximate surface area is 110 Å². The Morgan fingerprint density at radius 1 is 1.53 bits per heavy atom. The molecular weight excluding hydrogens is 256 g/mol. The number of carbonyl (C=O) groups excluding carboxylic acids is 1. The summed E-state index contributed by atoms with van der Waals surface area (Å²) in [4.78, 5) is 12.0. The van der Waals surface area contributed by atoms with Crippen LogP contribution in [0.1, 0.15) is 23.2 Å². The molecule has 0 saturated carbocycles. The van der Waals surface area contributed by atoms with Crippen LogP contribution in [0.3, 0.4) is 0 Å². The zero-order valence-corrected chi connectivity index (χ0v) is 11.0. The topological polar surface area (TPSA) is 55.1 Å². The van der Waals surface area contributed by atoms with Gasteiger partial charge in [0.05, 0.1) is 10.7 Å². The second-order valence-electron chi connectivity index (χ2n) is 4.12. The van der Waals surface area contributed by atoms with Gasteiger partial charge in [0.15, 0.2) is 0 Å². The predicted octanol–water partition coefficient (Wildman–Crippen LogP) is 2.55. The first-order valence-corrected chi connectivity index (χ1v) is 7.14. The fourth-order valence-electron chi connectivity index (χ4n) is 1.81. The van der Waals surface area contributed by atoms with E-state index in [0.717, 1.165) is 12.2 Å². The van der Waals surface area contributed by atoms with Crippen LogP contribution in [0.2, 0.25) is 5.02 Å². The van der Waals surface area contributed by atoms with Crippen molar-refractivity contribution in [3.8, 4) is 0 Å². The Bertz CT molecular complexity index is 419. The molecule has 1 atom stereocenters. The number of rotatable bonds is 2. The van der Waals surface area contributed by atoms with Gasteiger partial charge in [-0.2, -0.15) is 11.8 Å². The third-order valence-corrected chi connectivity index (χ3v) is 4.31. The molecule has 1 saturated heterocycles. The molecule has 1 aliphatic heterocycles. The summed E-state index contributed by atoms with van der Waals surface area (Å²) in [7, 11) is 0. The number of nitrogen functional groups attached to an aromatic ring is 1. The summed E-state index contributed by atoms with van der Waals surface area (Å²) in [5.41, 5.74) is 6.69. The number of carbonyl (C=O) groups is 1. The van der Waals surface area contributed by atoms with E-state index in [1.165, 1.54) is 12.2 Å². The quantitative estimate of drug-likeness (QED) is 0.812. The summed E-state index contributed by atoms with van der Waals surface area (Å²) < 4.78 is 0. The number of thioether (sulfide) groups is 1. The first-order valence-electron chi connectivity index (χ1n) is 5.60. The van der Waals surface area contributed by atoms with Gasteiger partial charge in [0, 0.05) is 17.4 Å².